The molecule has 158 valence electrons. The average Bonchev–Trinajstić information content (AvgIpc) is 2.92. The monoisotopic (exact) mass is 414 g/mol. The molecule has 3 aromatic carbocycles. The van der Waals surface area contributed by atoms with Gasteiger partial charge in [0, 0.05) is 5.56 Å². The summed E-state index contributed by atoms with van der Waals surface area (Å²) in [6, 6.07) is 22.4. The molecule has 1 fully saturated rings. The van der Waals surface area contributed by atoms with Crippen molar-refractivity contribution >= 4 is 17.6 Å². The van der Waals surface area contributed by atoms with Crippen molar-refractivity contribution in [2.75, 3.05) is 4.90 Å². The minimum atomic E-state index is -0.976. The minimum absolute atomic E-state index is 0.234. The van der Waals surface area contributed by atoms with Gasteiger partial charge in [0.25, 0.3) is 5.91 Å². The molecule has 3 aromatic rings. The number of ether oxygens (including phenoxy) is 1. The van der Waals surface area contributed by atoms with Gasteiger partial charge in [0.2, 0.25) is 0 Å². The second-order valence-electron chi connectivity index (χ2n) is 8.36. The summed E-state index contributed by atoms with van der Waals surface area (Å²) in [5.74, 6) is 1.14. The van der Waals surface area contributed by atoms with E-state index in [0.717, 1.165) is 22.4 Å². The fourth-order valence-corrected chi connectivity index (χ4v) is 3.71. The summed E-state index contributed by atoms with van der Waals surface area (Å²) in [5.41, 5.74) is 2.61. The predicted octanol–water partition coefficient (Wildman–Crippen LogP) is 5.84. The van der Waals surface area contributed by atoms with Crippen LogP contribution in [0.3, 0.4) is 0 Å². The number of benzene rings is 3. The van der Waals surface area contributed by atoms with Gasteiger partial charge in [0.15, 0.2) is 0 Å². The van der Waals surface area contributed by atoms with Crippen molar-refractivity contribution in [3.05, 3.63) is 89.5 Å². The highest BCUT2D eigenvalue weighted by Gasteiger charge is 2.51. The van der Waals surface area contributed by atoms with Crippen LogP contribution in [0.25, 0.3) is 0 Å². The number of imide groups is 1. The number of hydrogen-bond acceptors (Lipinski definition) is 3. The normalized spacial score (nSPS) is 15.5. The molecule has 3 amide bonds. The maximum absolute atomic E-state index is 13.4. The van der Waals surface area contributed by atoms with Crippen LogP contribution in [0.5, 0.6) is 11.5 Å². The lowest BCUT2D eigenvalue weighted by atomic mass is 10.0. The molecule has 0 radical (unpaired) electrons. The van der Waals surface area contributed by atoms with E-state index in [9.17, 15) is 9.59 Å². The van der Waals surface area contributed by atoms with E-state index in [2.05, 4.69) is 0 Å². The van der Waals surface area contributed by atoms with Gasteiger partial charge in [-0.25, -0.2) is 9.69 Å². The Morgan fingerprint density at radius 2 is 1.52 bits per heavy atom. The van der Waals surface area contributed by atoms with Gasteiger partial charge >= 0.3 is 6.03 Å². The first-order valence-electron chi connectivity index (χ1n) is 10.3. The molecule has 4 rings (SSSR count). The van der Waals surface area contributed by atoms with Crippen molar-refractivity contribution in [3.63, 3.8) is 0 Å². The zero-order chi connectivity index (χ0) is 22.2. The first-order chi connectivity index (χ1) is 14.8. The standard InChI is InChI=1S/C26H26N2O3/c1-18-14-15-21(16-19(18)2)28-24(29)26(3,4)27(25(28)30)17-20-10-8-9-13-23(20)31-22-11-6-5-7-12-22/h5-16H,17H2,1-4H3. The predicted molar refractivity (Wildman–Crippen MR) is 121 cm³/mol. The third-order valence-electron chi connectivity index (χ3n) is 5.84. The molecule has 0 spiro atoms. The Bertz CT molecular complexity index is 1140. The molecule has 0 unspecified atom stereocenters. The smallest absolute Gasteiger partial charge is 0.332 e. The van der Waals surface area contributed by atoms with Crippen LogP contribution in [-0.2, 0) is 11.3 Å². The maximum atomic E-state index is 13.4. The van der Waals surface area contributed by atoms with Crippen LogP contribution in [0, 0.1) is 13.8 Å². The summed E-state index contributed by atoms with van der Waals surface area (Å²) in [4.78, 5) is 29.5. The second-order valence-corrected chi connectivity index (χ2v) is 8.36. The minimum Gasteiger partial charge on any atom is -0.457 e. The van der Waals surface area contributed by atoms with Gasteiger partial charge in [0.05, 0.1) is 12.2 Å². The number of aryl methyl sites for hydroxylation is 2. The van der Waals surface area contributed by atoms with Crippen molar-refractivity contribution in [1.29, 1.82) is 0 Å². The van der Waals surface area contributed by atoms with E-state index in [1.54, 1.807) is 18.7 Å². The number of para-hydroxylation sites is 2. The molecule has 5 nitrogen and oxygen atoms in total. The number of hydrogen-bond donors (Lipinski definition) is 0. The van der Waals surface area contributed by atoms with E-state index in [1.807, 2.05) is 86.6 Å². The van der Waals surface area contributed by atoms with E-state index in [4.69, 9.17) is 4.74 Å². The SMILES string of the molecule is Cc1ccc(N2C(=O)N(Cc3ccccc3Oc3ccccc3)C(C)(C)C2=O)cc1C. The van der Waals surface area contributed by atoms with Gasteiger partial charge in [-0.05, 0) is 69.2 Å². The first kappa shape index (κ1) is 20.7. The van der Waals surface area contributed by atoms with E-state index < -0.39 is 5.54 Å². The van der Waals surface area contributed by atoms with Crippen LogP contribution in [0.15, 0.2) is 72.8 Å². The molecule has 0 saturated carbocycles. The number of nitrogens with zero attached hydrogens (tertiary/aromatic N) is 2. The van der Waals surface area contributed by atoms with Crippen LogP contribution in [-0.4, -0.2) is 22.4 Å². The average molecular weight is 415 g/mol. The Morgan fingerprint density at radius 1 is 0.839 bits per heavy atom. The molecule has 0 aromatic heterocycles. The Kier molecular flexibility index (Phi) is 5.27. The number of carbonyl (C=O) groups is 2. The van der Waals surface area contributed by atoms with Crippen molar-refractivity contribution in [2.45, 2.75) is 39.8 Å². The molecule has 1 aliphatic rings. The zero-order valence-corrected chi connectivity index (χ0v) is 18.3. The van der Waals surface area contributed by atoms with Gasteiger partial charge in [-0.2, -0.15) is 0 Å². The number of carbonyl (C=O) groups excluding carboxylic acids is 2. The van der Waals surface area contributed by atoms with Gasteiger partial charge in [-0.1, -0.05) is 42.5 Å². The van der Waals surface area contributed by atoms with E-state index in [0.29, 0.717) is 11.4 Å². The van der Waals surface area contributed by atoms with E-state index >= 15 is 0 Å². The molecule has 0 aliphatic carbocycles. The summed E-state index contributed by atoms with van der Waals surface area (Å²) < 4.78 is 6.05. The molecule has 5 heteroatoms. The fraction of sp³-hybridized carbons (Fsp3) is 0.231. The summed E-state index contributed by atoms with van der Waals surface area (Å²) in [5, 5.41) is 0. The molecule has 0 bridgehead atoms. The zero-order valence-electron chi connectivity index (χ0n) is 18.3. The van der Waals surface area contributed by atoms with Crippen molar-refractivity contribution < 1.29 is 14.3 Å². The lowest BCUT2D eigenvalue weighted by molar-refractivity contribution is -0.123. The maximum Gasteiger partial charge on any atom is 0.332 e. The third-order valence-corrected chi connectivity index (χ3v) is 5.84. The third kappa shape index (κ3) is 3.79. The van der Waals surface area contributed by atoms with Crippen molar-refractivity contribution in [2.24, 2.45) is 0 Å². The van der Waals surface area contributed by atoms with Gasteiger partial charge in [-0.15, -0.1) is 0 Å². The molecule has 0 N–H and O–H groups in total. The van der Waals surface area contributed by atoms with Crippen LogP contribution < -0.4 is 9.64 Å². The summed E-state index contributed by atoms with van der Waals surface area (Å²) in [6.07, 6.45) is 0. The number of anilines is 1. The molecule has 1 saturated heterocycles. The van der Waals surface area contributed by atoms with E-state index in [-0.39, 0.29) is 18.5 Å². The highest BCUT2D eigenvalue weighted by Crippen LogP contribution is 2.36. The Morgan fingerprint density at radius 3 is 2.23 bits per heavy atom. The summed E-state index contributed by atoms with van der Waals surface area (Å²) in [7, 11) is 0. The Balaban J connectivity index is 1.65. The fourth-order valence-electron chi connectivity index (χ4n) is 3.71. The number of rotatable bonds is 5. The second kappa shape index (κ2) is 7.91. The molecular weight excluding hydrogens is 388 g/mol. The molecule has 31 heavy (non-hydrogen) atoms. The highest BCUT2D eigenvalue weighted by atomic mass is 16.5. The lowest BCUT2D eigenvalue weighted by Crippen LogP contribution is -2.43. The van der Waals surface area contributed by atoms with Crippen molar-refractivity contribution in [3.8, 4) is 11.5 Å². The quantitative estimate of drug-likeness (QED) is 0.493. The highest BCUT2D eigenvalue weighted by molar-refractivity contribution is 6.23. The van der Waals surface area contributed by atoms with Crippen LogP contribution >= 0.6 is 0 Å². The largest absolute Gasteiger partial charge is 0.457 e. The van der Waals surface area contributed by atoms with Gasteiger partial charge in [0.1, 0.15) is 17.0 Å². The van der Waals surface area contributed by atoms with Crippen molar-refractivity contribution in [1.82, 2.24) is 4.90 Å². The van der Waals surface area contributed by atoms with Gasteiger partial charge < -0.3 is 9.64 Å². The Hall–Kier alpha value is -3.60. The van der Waals surface area contributed by atoms with Crippen LogP contribution in [0.1, 0.15) is 30.5 Å². The first-order valence-corrected chi connectivity index (χ1v) is 10.3. The summed E-state index contributed by atoms with van der Waals surface area (Å²) in [6.45, 7) is 7.82. The Labute approximate surface area is 182 Å². The lowest BCUT2D eigenvalue weighted by Gasteiger charge is -2.28. The molecular formula is C26H26N2O3. The van der Waals surface area contributed by atoms with Crippen LogP contribution in [0.4, 0.5) is 10.5 Å². The van der Waals surface area contributed by atoms with Crippen LogP contribution in [0.2, 0.25) is 0 Å². The van der Waals surface area contributed by atoms with E-state index in [1.165, 1.54) is 4.90 Å². The van der Waals surface area contributed by atoms with Gasteiger partial charge in [-0.3, -0.25) is 4.79 Å². The molecule has 0 atom stereocenters. The number of amides is 3. The number of urea groups is 1. The topological polar surface area (TPSA) is 49.9 Å². The molecule has 1 aliphatic heterocycles. The summed E-state index contributed by atoms with van der Waals surface area (Å²) >= 11 is 0. The molecule has 1 heterocycles.